The Kier molecular flexibility index (Phi) is 5.58. The third-order valence-electron chi connectivity index (χ3n) is 4.72. The average Bonchev–Trinajstić information content (AvgIpc) is 3.28. The molecule has 0 saturated carbocycles. The van der Waals surface area contributed by atoms with Crippen molar-refractivity contribution in [3.05, 3.63) is 53.3 Å². The summed E-state index contributed by atoms with van der Waals surface area (Å²) < 4.78 is 1.90. The molecule has 0 radical (unpaired) electrons. The largest absolute Gasteiger partial charge is 0.483 e. The van der Waals surface area contributed by atoms with Gasteiger partial charge in [0.25, 0.3) is 6.47 Å². The van der Waals surface area contributed by atoms with Gasteiger partial charge in [0.2, 0.25) is 5.91 Å². The van der Waals surface area contributed by atoms with Crippen molar-refractivity contribution in [2.24, 2.45) is 0 Å². The topological polar surface area (TPSA) is 113 Å². The van der Waals surface area contributed by atoms with Crippen LogP contribution in [0, 0.1) is 6.92 Å². The van der Waals surface area contributed by atoms with Crippen LogP contribution >= 0.6 is 0 Å². The number of aromatic amines is 1. The number of rotatable bonds is 3. The number of carbonyl (C=O) groups excluding carboxylic acids is 1. The maximum atomic E-state index is 12.4. The summed E-state index contributed by atoms with van der Waals surface area (Å²) in [5.74, 6) is 0.777. The number of aryl methyl sites for hydroxylation is 1. The molecule has 1 amide bonds. The molecular formula is C20H23N5O3. The number of hydrogen-bond acceptors (Lipinski definition) is 4. The lowest BCUT2D eigenvalue weighted by Gasteiger charge is -2.25. The van der Waals surface area contributed by atoms with Gasteiger partial charge in [-0.25, -0.2) is 4.68 Å². The van der Waals surface area contributed by atoms with Crippen LogP contribution in [0.4, 0.5) is 5.82 Å². The van der Waals surface area contributed by atoms with E-state index >= 15 is 0 Å². The van der Waals surface area contributed by atoms with Gasteiger partial charge in [0.05, 0.1) is 17.6 Å². The van der Waals surface area contributed by atoms with Crippen molar-refractivity contribution in [3.63, 3.8) is 0 Å². The summed E-state index contributed by atoms with van der Waals surface area (Å²) in [6.07, 6.45) is 2.23. The number of aromatic nitrogens is 4. The molecule has 0 bridgehead atoms. The van der Waals surface area contributed by atoms with Crippen molar-refractivity contribution in [2.75, 3.05) is 5.32 Å². The molecule has 1 unspecified atom stereocenters. The molecule has 4 rings (SSSR count). The van der Waals surface area contributed by atoms with E-state index in [9.17, 15) is 4.79 Å². The number of amides is 1. The second kappa shape index (κ2) is 8.08. The highest BCUT2D eigenvalue weighted by Crippen LogP contribution is 2.42. The molecule has 3 heterocycles. The Morgan fingerprint density at radius 2 is 1.96 bits per heavy atom. The number of H-pyrrole nitrogens is 1. The van der Waals surface area contributed by atoms with Crippen molar-refractivity contribution < 1.29 is 14.7 Å². The number of anilines is 1. The molecule has 0 fully saturated rings. The van der Waals surface area contributed by atoms with E-state index in [4.69, 9.17) is 9.90 Å². The summed E-state index contributed by atoms with van der Waals surface area (Å²) in [4.78, 5) is 20.7. The van der Waals surface area contributed by atoms with Crippen molar-refractivity contribution in [1.29, 1.82) is 0 Å². The fourth-order valence-electron chi connectivity index (χ4n) is 3.61. The van der Waals surface area contributed by atoms with Gasteiger partial charge < -0.3 is 10.4 Å². The van der Waals surface area contributed by atoms with E-state index in [1.54, 1.807) is 0 Å². The van der Waals surface area contributed by atoms with Crippen molar-refractivity contribution in [2.45, 2.75) is 39.2 Å². The molecule has 8 heteroatoms. The zero-order chi connectivity index (χ0) is 20.3. The number of nitrogens with one attached hydrogen (secondary N) is 2. The fraction of sp³-hybridized carbons (Fsp3) is 0.300. The first-order chi connectivity index (χ1) is 13.5. The van der Waals surface area contributed by atoms with Gasteiger partial charge in [0, 0.05) is 29.5 Å². The van der Waals surface area contributed by atoms with E-state index in [1.807, 2.05) is 48.1 Å². The quantitative estimate of drug-likeness (QED) is 0.602. The number of hydrogen-bond donors (Lipinski definition) is 3. The van der Waals surface area contributed by atoms with Crippen LogP contribution in [0.15, 0.2) is 36.5 Å². The minimum Gasteiger partial charge on any atom is -0.483 e. The number of benzene rings is 1. The molecule has 1 aliphatic rings. The average molecular weight is 381 g/mol. The molecule has 0 saturated heterocycles. The Labute approximate surface area is 162 Å². The van der Waals surface area contributed by atoms with E-state index < -0.39 is 0 Å². The van der Waals surface area contributed by atoms with Crippen molar-refractivity contribution >= 4 is 18.2 Å². The van der Waals surface area contributed by atoms with Crippen molar-refractivity contribution in [3.8, 4) is 11.3 Å². The van der Waals surface area contributed by atoms with Crippen LogP contribution < -0.4 is 5.32 Å². The van der Waals surface area contributed by atoms with Gasteiger partial charge in [0.15, 0.2) is 0 Å². The van der Waals surface area contributed by atoms with Gasteiger partial charge in [-0.05, 0) is 26.3 Å². The summed E-state index contributed by atoms with van der Waals surface area (Å²) in [5, 5.41) is 21.9. The molecule has 28 heavy (non-hydrogen) atoms. The predicted octanol–water partition coefficient (Wildman–Crippen LogP) is 3.34. The molecule has 3 N–H and O–H groups in total. The Balaban J connectivity index is 0.000000706. The lowest BCUT2D eigenvalue weighted by atomic mass is 9.85. The summed E-state index contributed by atoms with van der Waals surface area (Å²) in [6, 6.07) is 10.3. The van der Waals surface area contributed by atoms with E-state index in [0.717, 1.165) is 33.9 Å². The molecule has 0 spiro atoms. The monoisotopic (exact) mass is 381 g/mol. The number of carbonyl (C=O) groups is 2. The van der Waals surface area contributed by atoms with Gasteiger partial charge in [-0.15, -0.1) is 0 Å². The van der Waals surface area contributed by atoms with Gasteiger partial charge in [0.1, 0.15) is 5.82 Å². The standard InChI is InChI=1S/C19H21N5O.CH2O2/c1-11(2)24-19-17(12(3)23-24)14(9-16(25)21-19)15-10-20-22-18(15)13-7-5-4-6-8-13;2-1-3/h4-8,10-11,14H,9H2,1-3H3,(H,20,22)(H,21,25);1H,(H,2,3). The number of carboxylic acid groups (broad SMARTS) is 1. The van der Waals surface area contributed by atoms with Crippen LogP contribution in [0.3, 0.4) is 0 Å². The van der Waals surface area contributed by atoms with Crippen molar-refractivity contribution in [1.82, 2.24) is 20.0 Å². The van der Waals surface area contributed by atoms with Crippen LogP contribution in [0.5, 0.6) is 0 Å². The maximum Gasteiger partial charge on any atom is 0.290 e. The highest BCUT2D eigenvalue weighted by molar-refractivity contribution is 5.95. The normalized spacial score (nSPS) is 15.4. The van der Waals surface area contributed by atoms with Crippen LogP contribution in [0.25, 0.3) is 11.3 Å². The van der Waals surface area contributed by atoms with Gasteiger partial charge in [-0.1, -0.05) is 30.3 Å². The third-order valence-corrected chi connectivity index (χ3v) is 4.72. The minimum atomic E-state index is -0.250. The zero-order valence-corrected chi connectivity index (χ0v) is 16.0. The van der Waals surface area contributed by atoms with E-state index in [-0.39, 0.29) is 24.3 Å². The first-order valence-corrected chi connectivity index (χ1v) is 9.03. The fourth-order valence-corrected chi connectivity index (χ4v) is 3.61. The Morgan fingerprint density at radius 3 is 2.61 bits per heavy atom. The molecule has 8 nitrogen and oxygen atoms in total. The highest BCUT2D eigenvalue weighted by Gasteiger charge is 2.34. The molecule has 2 aromatic heterocycles. The molecule has 0 aliphatic carbocycles. The lowest BCUT2D eigenvalue weighted by molar-refractivity contribution is -0.123. The van der Waals surface area contributed by atoms with Gasteiger partial charge in [-0.3, -0.25) is 14.7 Å². The summed E-state index contributed by atoms with van der Waals surface area (Å²) in [7, 11) is 0. The first kappa shape index (κ1) is 19.3. The SMILES string of the molecule is Cc1nn(C(C)C)c2c1C(c1cn[nH]c1-c1ccccc1)CC(=O)N2.O=CO. The Bertz CT molecular complexity index is 975. The summed E-state index contributed by atoms with van der Waals surface area (Å²) >= 11 is 0. The molecule has 146 valence electrons. The smallest absolute Gasteiger partial charge is 0.290 e. The number of fused-ring (bicyclic) bond motifs is 1. The van der Waals surface area contributed by atoms with Gasteiger partial charge >= 0.3 is 0 Å². The van der Waals surface area contributed by atoms with E-state index in [2.05, 4.69) is 34.5 Å². The van der Waals surface area contributed by atoms with E-state index in [1.165, 1.54) is 0 Å². The first-order valence-electron chi connectivity index (χ1n) is 9.03. The molecule has 1 aromatic carbocycles. The highest BCUT2D eigenvalue weighted by atomic mass is 16.3. The predicted molar refractivity (Wildman–Crippen MR) is 105 cm³/mol. The Morgan fingerprint density at radius 1 is 1.29 bits per heavy atom. The summed E-state index contributed by atoms with van der Waals surface area (Å²) in [6.45, 7) is 5.88. The molecule has 1 atom stereocenters. The minimum absolute atomic E-state index is 0.0134. The molecule has 1 aliphatic heterocycles. The summed E-state index contributed by atoms with van der Waals surface area (Å²) in [5.41, 5.74) is 5.11. The van der Waals surface area contributed by atoms with Crippen LogP contribution in [0.1, 0.15) is 49.0 Å². The second-order valence-electron chi connectivity index (χ2n) is 6.86. The van der Waals surface area contributed by atoms with E-state index in [0.29, 0.717) is 6.42 Å². The van der Waals surface area contributed by atoms with Crippen LogP contribution in [-0.2, 0) is 9.59 Å². The Hall–Kier alpha value is -3.42. The van der Waals surface area contributed by atoms with Crippen LogP contribution in [0.2, 0.25) is 0 Å². The molecule has 3 aromatic rings. The zero-order valence-electron chi connectivity index (χ0n) is 16.0. The lowest BCUT2D eigenvalue weighted by Crippen LogP contribution is -2.25. The second-order valence-corrected chi connectivity index (χ2v) is 6.86. The van der Waals surface area contributed by atoms with Gasteiger partial charge in [-0.2, -0.15) is 10.2 Å². The molecular weight excluding hydrogens is 358 g/mol. The third kappa shape index (κ3) is 3.53. The number of nitrogens with zero attached hydrogens (tertiary/aromatic N) is 3. The van der Waals surface area contributed by atoms with Crippen LogP contribution in [-0.4, -0.2) is 37.5 Å². The maximum absolute atomic E-state index is 12.4.